The normalized spacial score (nSPS) is 10.7. The largest absolute Gasteiger partial charge is 0.504 e. The van der Waals surface area contributed by atoms with Gasteiger partial charge in [0.1, 0.15) is 0 Å². The van der Waals surface area contributed by atoms with Gasteiger partial charge in [0.2, 0.25) is 0 Å². The molecule has 90 valence electrons. The van der Waals surface area contributed by atoms with E-state index in [-0.39, 0.29) is 5.75 Å². The van der Waals surface area contributed by atoms with Crippen LogP contribution < -0.4 is 0 Å². The molecular weight excluding hydrogens is 248 g/mol. The Morgan fingerprint density at radius 1 is 0.889 bits per heavy atom. The van der Waals surface area contributed by atoms with E-state index >= 15 is 0 Å². The Balaban J connectivity index is 2.16. The molecule has 3 nitrogen and oxygen atoms in total. The first-order chi connectivity index (χ1) is 8.75. The molecule has 0 fully saturated rings. The zero-order chi connectivity index (χ0) is 12.5. The summed E-state index contributed by atoms with van der Waals surface area (Å²) in [4.78, 5) is 0. The molecule has 0 aliphatic carbocycles. The summed E-state index contributed by atoms with van der Waals surface area (Å²) in [5.74, 6) is 0.948. The summed E-state index contributed by atoms with van der Waals surface area (Å²) in [6, 6.07) is 13.0. The van der Waals surface area contributed by atoms with Crippen LogP contribution in [0.1, 0.15) is 0 Å². The van der Waals surface area contributed by atoms with Gasteiger partial charge >= 0.3 is 0 Å². The van der Waals surface area contributed by atoms with Crippen LogP contribution in [0.2, 0.25) is 5.02 Å². The van der Waals surface area contributed by atoms with Crippen LogP contribution >= 0.6 is 11.6 Å². The SMILES string of the molecule is Oc1ccn(-c2ccc(Cl)cc2)c1-n1cccc1. The molecule has 1 aromatic carbocycles. The lowest BCUT2D eigenvalue weighted by molar-refractivity contribution is 0.472. The minimum absolute atomic E-state index is 0.237. The fraction of sp³-hybridized carbons (Fsp3) is 0. The second-order valence-electron chi connectivity index (χ2n) is 3.96. The van der Waals surface area contributed by atoms with Crippen LogP contribution in [-0.4, -0.2) is 14.2 Å². The summed E-state index contributed by atoms with van der Waals surface area (Å²) in [6.07, 6.45) is 5.61. The number of aromatic nitrogens is 2. The second kappa shape index (κ2) is 4.27. The number of nitrogens with zero attached hydrogens (tertiary/aromatic N) is 2. The molecule has 3 rings (SSSR count). The first-order valence-electron chi connectivity index (χ1n) is 5.55. The van der Waals surface area contributed by atoms with Gasteiger partial charge in [0.25, 0.3) is 0 Å². The Bertz CT molecular complexity index is 654. The maximum Gasteiger partial charge on any atom is 0.164 e. The van der Waals surface area contributed by atoms with E-state index in [0.717, 1.165) is 5.69 Å². The fourth-order valence-electron chi connectivity index (χ4n) is 1.96. The van der Waals surface area contributed by atoms with Crippen molar-refractivity contribution < 1.29 is 5.11 Å². The van der Waals surface area contributed by atoms with Crippen LogP contribution in [0.3, 0.4) is 0 Å². The van der Waals surface area contributed by atoms with Gasteiger partial charge in [-0.25, -0.2) is 0 Å². The van der Waals surface area contributed by atoms with Gasteiger partial charge in [0.05, 0.1) is 0 Å². The van der Waals surface area contributed by atoms with E-state index in [0.29, 0.717) is 10.8 Å². The molecule has 0 aliphatic heterocycles. The van der Waals surface area contributed by atoms with Crippen molar-refractivity contribution in [2.24, 2.45) is 0 Å². The number of benzene rings is 1. The summed E-state index contributed by atoms with van der Waals surface area (Å²) < 4.78 is 3.77. The molecule has 2 aromatic heterocycles. The molecular formula is C14H11ClN2O. The lowest BCUT2D eigenvalue weighted by Crippen LogP contribution is -2.01. The summed E-state index contributed by atoms with van der Waals surface area (Å²) >= 11 is 5.88. The van der Waals surface area contributed by atoms with Gasteiger partial charge in [-0.1, -0.05) is 11.6 Å². The van der Waals surface area contributed by atoms with Gasteiger partial charge in [0.15, 0.2) is 11.6 Å². The highest BCUT2D eigenvalue weighted by Gasteiger charge is 2.10. The van der Waals surface area contributed by atoms with Crippen molar-refractivity contribution in [2.75, 3.05) is 0 Å². The van der Waals surface area contributed by atoms with Crippen LogP contribution in [-0.2, 0) is 0 Å². The second-order valence-corrected chi connectivity index (χ2v) is 4.40. The zero-order valence-electron chi connectivity index (χ0n) is 9.49. The molecule has 0 spiro atoms. The van der Waals surface area contributed by atoms with E-state index in [1.807, 2.05) is 64.1 Å². The molecule has 0 saturated heterocycles. The van der Waals surface area contributed by atoms with Crippen LogP contribution in [0.15, 0.2) is 61.1 Å². The first kappa shape index (κ1) is 11.0. The van der Waals surface area contributed by atoms with Crippen molar-refractivity contribution in [3.05, 3.63) is 66.1 Å². The Hall–Kier alpha value is -2.13. The molecule has 0 amide bonds. The molecule has 18 heavy (non-hydrogen) atoms. The van der Waals surface area contributed by atoms with E-state index in [1.165, 1.54) is 0 Å². The molecule has 0 bridgehead atoms. The Labute approximate surface area is 109 Å². The van der Waals surface area contributed by atoms with Crippen molar-refractivity contribution in [1.29, 1.82) is 0 Å². The molecule has 0 radical (unpaired) electrons. The Kier molecular flexibility index (Phi) is 2.61. The molecule has 1 N–H and O–H groups in total. The lowest BCUT2D eigenvalue weighted by Gasteiger charge is -2.10. The van der Waals surface area contributed by atoms with Crippen molar-refractivity contribution in [3.8, 4) is 17.3 Å². The predicted molar refractivity (Wildman–Crippen MR) is 71.8 cm³/mol. The third-order valence-corrected chi connectivity index (χ3v) is 3.04. The quantitative estimate of drug-likeness (QED) is 0.748. The van der Waals surface area contributed by atoms with Gasteiger partial charge in [-0.3, -0.25) is 4.57 Å². The van der Waals surface area contributed by atoms with E-state index < -0.39 is 0 Å². The molecule has 0 aliphatic rings. The van der Waals surface area contributed by atoms with Gasteiger partial charge in [-0.15, -0.1) is 0 Å². The lowest BCUT2D eigenvalue weighted by atomic mass is 10.3. The van der Waals surface area contributed by atoms with E-state index in [1.54, 1.807) is 6.07 Å². The highest BCUT2D eigenvalue weighted by molar-refractivity contribution is 6.30. The predicted octanol–water partition coefficient (Wildman–Crippen LogP) is 3.63. The van der Waals surface area contributed by atoms with Gasteiger partial charge in [-0.05, 0) is 36.4 Å². The minimum Gasteiger partial charge on any atom is -0.504 e. The van der Waals surface area contributed by atoms with Gasteiger partial charge < -0.3 is 9.67 Å². The third-order valence-electron chi connectivity index (χ3n) is 2.79. The third kappa shape index (κ3) is 1.79. The maximum absolute atomic E-state index is 9.95. The molecule has 3 aromatic rings. The minimum atomic E-state index is 0.237. The molecule has 4 heteroatoms. The fourth-order valence-corrected chi connectivity index (χ4v) is 2.08. The summed E-state index contributed by atoms with van der Waals surface area (Å²) in [5, 5.41) is 10.6. The van der Waals surface area contributed by atoms with E-state index in [9.17, 15) is 5.11 Å². The molecule has 0 atom stereocenters. The summed E-state index contributed by atoms with van der Waals surface area (Å²) in [7, 11) is 0. The van der Waals surface area contributed by atoms with Crippen LogP contribution in [0.5, 0.6) is 5.75 Å². The maximum atomic E-state index is 9.95. The van der Waals surface area contributed by atoms with Crippen LogP contribution in [0.4, 0.5) is 0 Å². The average Bonchev–Trinajstić information content (AvgIpc) is 2.99. The topological polar surface area (TPSA) is 30.1 Å². The monoisotopic (exact) mass is 258 g/mol. The van der Waals surface area contributed by atoms with E-state index in [2.05, 4.69) is 0 Å². The van der Waals surface area contributed by atoms with E-state index in [4.69, 9.17) is 11.6 Å². The smallest absolute Gasteiger partial charge is 0.164 e. The highest BCUT2D eigenvalue weighted by Crippen LogP contribution is 2.27. The molecule has 0 saturated carbocycles. The number of hydrogen-bond donors (Lipinski definition) is 1. The first-order valence-corrected chi connectivity index (χ1v) is 5.93. The number of halogens is 1. The molecule has 0 unspecified atom stereocenters. The zero-order valence-corrected chi connectivity index (χ0v) is 10.2. The highest BCUT2D eigenvalue weighted by atomic mass is 35.5. The summed E-state index contributed by atoms with van der Waals surface area (Å²) in [5.41, 5.74) is 0.948. The van der Waals surface area contributed by atoms with Crippen molar-refractivity contribution in [2.45, 2.75) is 0 Å². The number of aromatic hydroxyl groups is 1. The van der Waals surface area contributed by atoms with Crippen LogP contribution in [0.25, 0.3) is 11.5 Å². The average molecular weight is 259 g/mol. The molecule has 2 heterocycles. The van der Waals surface area contributed by atoms with Crippen molar-refractivity contribution >= 4 is 11.6 Å². The summed E-state index contributed by atoms with van der Waals surface area (Å²) in [6.45, 7) is 0. The van der Waals surface area contributed by atoms with Gasteiger partial charge in [-0.2, -0.15) is 0 Å². The Morgan fingerprint density at radius 2 is 1.56 bits per heavy atom. The number of hydrogen-bond acceptors (Lipinski definition) is 1. The van der Waals surface area contributed by atoms with Crippen molar-refractivity contribution in [1.82, 2.24) is 9.13 Å². The standard InChI is InChI=1S/C14H11ClN2O/c15-11-3-5-12(6-4-11)17-10-7-13(18)14(17)16-8-1-2-9-16/h1-10,18H. The number of rotatable bonds is 2. The van der Waals surface area contributed by atoms with Crippen molar-refractivity contribution in [3.63, 3.8) is 0 Å². The van der Waals surface area contributed by atoms with Crippen LogP contribution in [0, 0.1) is 0 Å². The Morgan fingerprint density at radius 3 is 2.22 bits per heavy atom. The van der Waals surface area contributed by atoms with Gasteiger partial charge in [0, 0.05) is 35.4 Å².